The highest BCUT2D eigenvalue weighted by molar-refractivity contribution is 7.48. The third-order valence-electron chi connectivity index (χ3n) is 5.61. The summed E-state index contributed by atoms with van der Waals surface area (Å²) in [6.07, 6.45) is 0.257. The summed E-state index contributed by atoms with van der Waals surface area (Å²) in [7, 11) is -4.14. The van der Waals surface area contributed by atoms with Crippen LogP contribution in [0.4, 0.5) is 13.2 Å². The SMILES string of the molecule is CCCCCCCOc1ccc(CC[C@@](N)(COC(C)=O)COP(=O)(OC(C)(C)C)OC(C)(C)C)cc1C(F)(F)F. The third kappa shape index (κ3) is 16.0. The predicted molar refractivity (Wildman–Crippen MR) is 153 cm³/mol. The summed E-state index contributed by atoms with van der Waals surface area (Å²) < 4.78 is 82.6. The van der Waals surface area contributed by atoms with Gasteiger partial charge in [-0.2, -0.15) is 13.2 Å². The van der Waals surface area contributed by atoms with Crippen molar-refractivity contribution in [3.05, 3.63) is 29.3 Å². The first-order valence-electron chi connectivity index (χ1n) is 14.1. The molecule has 0 spiro atoms. The lowest BCUT2D eigenvalue weighted by Crippen LogP contribution is -2.49. The van der Waals surface area contributed by atoms with Crippen molar-refractivity contribution in [2.24, 2.45) is 5.73 Å². The highest BCUT2D eigenvalue weighted by atomic mass is 31.2. The molecule has 0 heterocycles. The average Bonchev–Trinajstić information content (AvgIpc) is 2.80. The summed E-state index contributed by atoms with van der Waals surface area (Å²) in [4.78, 5) is 11.5. The maximum absolute atomic E-state index is 13.9. The van der Waals surface area contributed by atoms with Gasteiger partial charge in [-0.3, -0.25) is 18.4 Å². The quantitative estimate of drug-likeness (QED) is 0.107. The monoisotopic (exact) mass is 611 g/mol. The fourth-order valence-electron chi connectivity index (χ4n) is 3.74. The van der Waals surface area contributed by atoms with Gasteiger partial charge in [0, 0.05) is 6.92 Å². The second-order valence-corrected chi connectivity index (χ2v) is 13.9. The van der Waals surface area contributed by atoms with E-state index < -0.39 is 48.9 Å². The van der Waals surface area contributed by atoms with Gasteiger partial charge in [-0.25, -0.2) is 4.57 Å². The van der Waals surface area contributed by atoms with E-state index >= 15 is 0 Å². The zero-order valence-corrected chi connectivity index (χ0v) is 26.7. The number of phosphoric acid groups is 1. The number of aryl methyl sites for hydroxylation is 1. The molecule has 0 amide bonds. The Morgan fingerprint density at radius 3 is 2.02 bits per heavy atom. The highest BCUT2D eigenvalue weighted by Crippen LogP contribution is 2.55. The molecular weight excluding hydrogens is 562 g/mol. The predicted octanol–water partition coefficient (Wildman–Crippen LogP) is 8.00. The smallest absolute Gasteiger partial charge is 0.475 e. The number of ether oxygens (including phenoxy) is 2. The molecule has 0 aromatic heterocycles. The second kappa shape index (κ2) is 15.7. The Morgan fingerprint density at radius 1 is 0.927 bits per heavy atom. The summed E-state index contributed by atoms with van der Waals surface area (Å²) in [5.74, 6) is -0.825. The topological polar surface area (TPSA) is 106 Å². The molecule has 238 valence electrons. The van der Waals surface area contributed by atoms with E-state index in [0.717, 1.165) is 31.7 Å². The fourth-order valence-corrected chi connectivity index (χ4v) is 5.64. The van der Waals surface area contributed by atoms with Crippen molar-refractivity contribution in [3.63, 3.8) is 0 Å². The van der Waals surface area contributed by atoms with E-state index in [1.165, 1.54) is 13.0 Å². The van der Waals surface area contributed by atoms with Crippen LogP contribution in [0.3, 0.4) is 0 Å². The average molecular weight is 612 g/mol. The Hall–Kier alpha value is -1.65. The Labute approximate surface area is 243 Å². The number of phosphoric ester groups is 1. The first-order chi connectivity index (χ1) is 18.7. The van der Waals surface area contributed by atoms with Crippen LogP contribution in [0, 0.1) is 0 Å². The Balaban J connectivity index is 3.09. The molecule has 0 saturated carbocycles. The summed E-state index contributed by atoms with van der Waals surface area (Å²) in [5, 5.41) is 0. The van der Waals surface area contributed by atoms with Crippen molar-refractivity contribution >= 4 is 13.8 Å². The Kier molecular flexibility index (Phi) is 14.3. The van der Waals surface area contributed by atoms with Gasteiger partial charge in [0.1, 0.15) is 12.4 Å². The van der Waals surface area contributed by atoms with E-state index in [0.29, 0.717) is 12.0 Å². The standard InChI is InChI=1S/C29H49F3NO7P/c1-9-10-11-12-13-18-36-25-15-14-23(19-24(25)29(30,31)32)16-17-28(33,20-37-22(2)34)21-38-41(35,39-26(3,4)5)40-27(6,7)8/h14-15,19H,9-13,16-18,20-21,33H2,1-8H3/t28-/m1/s1. The molecule has 0 aliphatic carbocycles. The van der Waals surface area contributed by atoms with E-state index in [2.05, 4.69) is 6.92 Å². The van der Waals surface area contributed by atoms with Crippen molar-refractivity contribution in [3.8, 4) is 5.75 Å². The highest BCUT2D eigenvalue weighted by Gasteiger charge is 2.40. The van der Waals surface area contributed by atoms with Crippen LogP contribution >= 0.6 is 7.82 Å². The molecule has 0 bridgehead atoms. The van der Waals surface area contributed by atoms with Crippen LogP contribution in [0.1, 0.15) is 105 Å². The molecule has 2 N–H and O–H groups in total. The zero-order chi connectivity index (χ0) is 31.5. The molecular formula is C29H49F3NO7P. The lowest BCUT2D eigenvalue weighted by molar-refractivity contribution is -0.143. The van der Waals surface area contributed by atoms with Gasteiger partial charge in [-0.05, 0) is 78.5 Å². The van der Waals surface area contributed by atoms with Gasteiger partial charge in [0.25, 0.3) is 0 Å². The molecule has 12 heteroatoms. The van der Waals surface area contributed by atoms with Gasteiger partial charge in [0.15, 0.2) is 0 Å². The number of rotatable bonds is 17. The molecule has 0 unspecified atom stereocenters. The first kappa shape index (κ1) is 37.4. The van der Waals surface area contributed by atoms with Crippen LogP contribution < -0.4 is 10.5 Å². The molecule has 0 aliphatic heterocycles. The number of hydrogen-bond acceptors (Lipinski definition) is 8. The zero-order valence-electron chi connectivity index (χ0n) is 25.8. The number of alkyl halides is 3. The van der Waals surface area contributed by atoms with Crippen LogP contribution in [0.2, 0.25) is 0 Å². The Morgan fingerprint density at radius 2 is 1.51 bits per heavy atom. The lowest BCUT2D eigenvalue weighted by atomic mass is 9.93. The van der Waals surface area contributed by atoms with Crippen LogP contribution in [-0.2, 0) is 40.3 Å². The number of carbonyl (C=O) groups excluding carboxylic acids is 1. The summed E-state index contributed by atoms with van der Waals surface area (Å²) in [6.45, 7) is 12.9. The van der Waals surface area contributed by atoms with Gasteiger partial charge < -0.3 is 15.2 Å². The van der Waals surface area contributed by atoms with E-state index in [9.17, 15) is 22.5 Å². The van der Waals surface area contributed by atoms with E-state index in [1.54, 1.807) is 47.6 Å². The van der Waals surface area contributed by atoms with Gasteiger partial charge in [-0.1, -0.05) is 38.7 Å². The largest absolute Gasteiger partial charge is 0.493 e. The lowest BCUT2D eigenvalue weighted by Gasteiger charge is -2.34. The van der Waals surface area contributed by atoms with Crippen LogP contribution in [-0.4, -0.2) is 42.5 Å². The minimum Gasteiger partial charge on any atom is -0.493 e. The minimum absolute atomic E-state index is 0.0419. The van der Waals surface area contributed by atoms with Crippen LogP contribution in [0.5, 0.6) is 5.75 Å². The molecule has 0 radical (unpaired) electrons. The third-order valence-corrected chi connectivity index (χ3v) is 7.60. The molecule has 0 fully saturated rings. The van der Waals surface area contributed by atoms with E-state index in [4.69, 9.17) is 28.8 Å². The molecule has 8 nitrogen and oxygen atoms in total. The van der Waals surface area contributed by atoms with Crippen molar-refractivity contribution in [1.82, 2.24) is 0 Å². The molecule has 1 rings (SSSR count). The van der Waals surface area contributed by atoms with Crippen LogP contribution in [0.25, 0.3) is 0 Å². The Bertz CT molecular complexity index is 986. The molecule has 0 saturated heterocycles. The van der Waals surface area contributed by atoms with Crippen molar-refractivity contribution in [2.75, 3.05) is 19.8 Å². The number of hydrogen-bond donors (Lipinski definition) is 1. The van der Waals surface area contributed by atoms with E-state index in [1.807, 2.05) is 0 Å². The maximum atomic E-state index is 13.9. The molecule has 41 heavy (non-hydrogen) atoms. The van der Waals surface area contributed by atoms with Gasteiger partial charge in [0.2, 0.25) is 0 Å². The normalized spacial score (nSPS) is 14.5. The van der Waals surface area contributed by atoms with Gasteiger partial charge >= 0.3 is 20.0 Å². The van der Waals surface area contributed by atoms with Crippen LogP contribution in [0.15, 0.2) is 18.2 Å². The van der Waals surface area contributed by atoms with Crippen molar-refractivity contribution < 1.29 is 45.6 Å². The molecule has 1 aromatic rings. The van der Waals surface area contributed by atoms with Crippen molar-refractivity contribution in [1.29, 1.82) is 0 Å². The summed E-state index contributed by atoms with van der Waals surface area (Å²) in [6, 6.07) is 3.90. The maximum Gasteiger partial charge on any atom is 0.475 e. The molecule has 0 aliphatic rings. The molecule has 1 aromatic carbocycles. The first-order valence-corrected chi connectivity index (χ1v) is 15.5. The summed E-state index contributed by atoms with van der Waals surface area (Å²) in [5.41, 5.74) is 2.82. The second-order valence-electron chi connectivity index (χ2n) is 12.4. The number of benzene rings is 1. The number of halogens is 3. The number of carbonyl (C=O) groups is 1. The van der Waals surface area contributed by atoms with Crippen molar-refractivity contribution in [2.45, 2.75) is 123 Å². The van der Waals surface area contributed by atoms with Gasteiger partial charge in [-0.15, -0.1) is 0 Å². The number of nitrogens with two attached hydrogens (primary N) is 1. The fraction of sp³-hybridized carbons (Fsp3) is 0.759. The number of unbranched alkanes of at least 4 members (excludes halogenated alkanes) is 4. The number of esters is 1. The van der Waals surface area contributed by atoms with Gasteiger partial charge in [0.05, 0.1) is 35.5 Å². The summed E-state index contributed by atoms with van der Waals surface area (Å²) >= 11 is 0. The minimum atomic E-state index is -4.62. The van der Waals surface area contributed by atoms with E-state index in [-0.39, 0.29) is 31.8 Å². The molecule has 1 atom stereocenters.